The van der Waals surface area contributed by atoms with E-state index in [-0.39, 0.29) is 10.9 Å². The quantitative estimate of drug-likeness (QED) is 0.677. The summed E-state index contributed by atoms with van der Waals surface area (Å²) in [6.07, 6.45) is 3.09. The lowest BCUT2D eigenvalue weighted by molar-refractivity contribution is 0.0984. The topological polar surface area (TPSA) is 42.0 Å². The molecule has 2 rings (SSSR count). The van der Waals surface area contributed by atoms with Crippen molar-refractivity contribution in [2.75, 3.05) is 6.26 Å². The molecule has 0 aliphatic carbocycles. The highest BCUT2D eigenvalue weighted by atomic mass is 35.5. The van der Waals surface area contributed by atoms with Crippen LogP contribution in [0, 0.1) is 5.95 Å². The van der Waals surface area contributed by atoms with E-state index >= 15 is 0 Å². The Labute approximate surface area is 129 Å². The van der Waals surface area contributed by atoms with Gasteiger partial charge in [0.1, 0.15) is 0 Å². The Morgan fingerprint density at radius 1 is 1.30 bits per heavy atom. The smallest absolute Gasteiger partial charge is 0.261 e. The molecule has 0 radical (unpaired) electrons. The molecule has 1 aromatic heterocycles. The van der Waals surface area contributed by atoms with Gasteiger partial charge in [-0.05, 0) is 18.2 Å². The minimum Gasteiger partial charge on any atom is -0.296 e. The Morgan fingerprint density at radius 2 is 2.05 bits per heavy atom. The predicted molar refractivity (Wildman–Crippen MR) is 80.6 cm³/mol. The van der Waals surface area contributed by atoms with Crippen LogP contribution in [0.15, 0.2) is 30.5 Å². The van der Waals surface area contributed by atoms with Crippen LogP contribution in [0.3, 0.4) is 0 Å². The number of rotatable bonds is 3. The van der Waals surface area contributed by atoms with E-state index in [0.29, 0.717) is 21.7 Å². The number of aromatic nitrogens is 1. The lowest BCUT2D eigenvalue weighted by Gasteiger charge is -2.07. The van der Waals surface area contributed by atoms with Crippen molar-refractivity contribution in [2.24, 2.45) is 0 Å². The van der Waals surface area contributed by atoms with Crippen LogP contribution in [-0.4, -0.2) is 17.1 Å². The molecule has 0 spiro atoms. The summed E-state index contributed by atoms with van der Waals surface area (Å²) in [5.74, 6) is -0.969. The second-order valence-electron chi connectivity index (χ2n) is 3.83. The zero-order chi connectivity index (χ0) is 14.7. The molecule has 0 aliphatic rings. The number of pyridine rings is 1. The zero-order valence-corrected chi connectivity index (χ0v) is 12.6. The minimum absolute atomic E-state index is 0.0808. The van der Waals surface area contributed by atoms with Gasteiger partial charge in [-0.2, -0.15) is 4.39 Å². The summed E-state index contributed by atoms with van der Waals surface area (Å²) >= 11 is 13.0. The fourth-order valence-corrected chi connectivity index (χ4v) is 2.37. The van der Waals surface area contributed by atoms with Crippen molar-refractivity contribution >= 4 is 41.1 Å². The Bertz CT molecular complexity index is 667. The second-order valence-corrected chi connectivity index (χ2v) is 5.25. The van der Waals surface area contributed by atoms with Crippen molar-refractivity contribution in [2.45, 2.75) is 0 Å². The average molecular weight is 331 g/mol. The third-order valence-electron chi connectivity index (χ3n) is 2.53. The Hall–Kier alpha value is -1.30. The van der Waals surface area contributed by atoms with Gasteiger partial charge in [-0.15, -0.1) is 0 Å². The minimum atomic E-state index is -0.734. The maximum absolute atomic E-state index is 13.0. The van der Waals surface area contributed by atoms with E-state index in [0.717, 1.165) is 0 Å². The molecule has 1 aromatic carbocycles. The van der Waals surface area contributed by atoms with Crippen LogP contribution >= 0.6 is 35.1 Å². The fourth-order valence-electron chi connectivity index (χ4n) is 1.61. The van der Waals surface area contributed by atoms with Crippen LogP contribution < -0.4 is 4.72 Å². The maximum Gasteiger partial charge on any atom is 0.261 e. The highest BCUT2D eigenvalue weighted by Gasteiger charge is 2.11. The van der Waals surface area contributed by atoms with Crippen molar-refractivity contribution < 1.29 is 9.18 Å². The molecule has 1 amide bonds. The van der Waals surface area contributed by atoms with Crippen LogP contribution in [0.1, 0.15) is 10.4 Å². The van der Waals surface area contributed by atoms with Gasteiger partial charge < -0.3 is 0 Å². The standard InChI is InChI=1S/C13H9Cl2FN2OS/c1-20-18-13(19)7-2-3-9(10(14)4-7)8-5-11(15)12(16)17-6-8/h2-6H,1H3,(H,18,19). The highest BCUT2D eigenvalue weighted by Crippen LogP contribution is 2.30. The van der Waals surface area contributed by atoms with Gasteiger partial charge in [0.25, 0.3) is 5.91 Å². The predicted octanol–water partition coefficient (Wildman–Crippen LogP) is 4.20. The number of carbonyl (C=O) groups excluding carboxylic acids is 1. The van der Waals surface area contributed by atoms with E-state index in [2.05, 4.69) is 9.71 Å². The zero-order valence-electron chi connectivity index (χ0n) is 10.3. The van der Waals surface area contributed by atoms with Crippen LogP contribution in [0.2, 0.25) is 10.0 Å². The van der Waals surface area contributed by atoms with Gasteiger partial charge in [-0.1, -0.05) is 41.2 Å². The third kappa shape index (κ3) is 3.23. The van der Waals surface area contributed by atoms with Crippen molar-refractivity contribution in [3.8, 4) is 11.1 Å². The number of hydrogen-bond donors (Lipinski definition) is 1. The molecule has 1 heterocycles. The molecule has 0 fully saturated rings. The van der Waals surface area contributed by atoms with Crippen LogP contribution in [0.4, 0.5) is 4.39 Å². The van der Waals surface area contributed by atoms with Crippen LogP contribution in [-0.2, 0) is 0 Å². The molecule has 7 heteroatoms. The van der Waals surface area contributed by atoms with E-state index in [1.165, 1.54) is 24.2 Å². The summed E-state index contributed by atoms with van der Waals surface area (Å²) in [5.41, 5.74) is 1.65. The molecule has 1 N–H and O–H groups in total. The number of benzene rings is 1. The van der Waals surface area contributed by atoms with E-state index in [4.69, 9.17) is 23.2 Å². The van der Waals surface area contributed by atoms with Gasteiger partial charge in [-0.25, -0.2) is 4.98 Å². The van der Waals surface area contributed by atoms with E-state index in [9.17, 15) is 9.18 Å². The first kappa shape index (κ1) is 15.1. The van der Waals surface area contributed by atoms with Crippen molar-refractivity contribution in [1.29, 1.82) is 0 Å². The molecule has 0 atom stereocenters. The average Bonchev–Trinajstić information content (AvgIpc) is 2.42. The molecule has 3 nitrogen and oxygen atoms in total. The SMILES string of the molecule is CSNC(=O)c1ccc(-c2cnc(F)c(Cl)c2)c(Cl)c1. The summed E-state index contributed by atoms with van der Waals surface area (Å²) in [6.45, 7) is 0. The van der Waals surface area contributed by atoms with Gasteiger partial charge in [0, 0.05) is 34.2 Å². The molecule has 0 saturated heterocycles. The summed E-state index contributed by atoms with van der Waals surface area (Å²) in [6, 6.07) is 6.28. The lowest BCUT2D eigenvalue weighted by atomic mass is 10.1. The molecule has 2 aromatic rings. The fraction of sp³-hybridized carbons (Fsp3) is 0.0769. The van der Waals surface area contributed by atoms with Gasteiger partial charge >= 0.3 is 0 Å². The number of nitrogens with zero attached hydrogens (tertiary/aromatic N) is 1. The molecule has 0 aliphatic heterocycles. The van der Waals surface area contributed by atoms with Crippen LogP contribution in [0.25, 0.3) is 11.1 Å². The number of hydrogen-bond acceptors (Lipinski definition) is 3. The first-order valence-electron chi connectivity index (χ1n) is 5.47. The van der Waals surface area contributed by atoms with Gasteiger partial charge in [0.2, 0.25) is 5.95 Å². The molecule has 104 valence electrons. The lowest BCUT2D eigenvalue weighted by Crippen LogP contribution is -2.14. The van der Waals surface area contributed by atoms with Crippen molar-refractivity contribution in [3.63, 3.8) is 0 Å². The summed E-state index contributed by atoms with van der Waals surface area (Å²) < 4.78 is 15.6. The van der Waals surface area contributed by atoms with Gasteiger partial charge in [0.05, 0.1) is 5.02 Å². The first-order valence-corrected chi connectivity index (χ1v) is 7.45. The molecular formula is C13H9Cl2FN2OS. The molecule has 0 unspecified atom stereocenters. The van der Waals surface area contributed by atoms with Gasteiger partial charge in [0.15, 0.2) is 0 Å². The molecule has 0 bridgehead atoms. The van der Waals surface area contributed by atoms with E-state index in [1.54, 1.807) is 24.5 Å². The summed E-state index contributed by atoms with van der Waals surface area (Å²) in [4.78, 5) is 15.2. The van der Waals surface area contributed by atoms with Crippen LogP contribution in [0.5, 0.6) is 0 Å². The first-order chi connectivity index (χ1) is 9.52. The van der Waals surface area contributed by atoms with E-state index < -0.39 is 5.95 Å². The van der Waals surface area contributed by atoms with E-state index in [1.807, 2.05) is 0 Å². The number of nitrogens with one attached hydrogen (secondary N) is 1. The Morgan fingerprint density at radius 3 is 2.65 bits per heavy atom. The summed E-state index contributed by atoms with van der Waals surface area (Å²) in [7, 11) is 0. The van der Waals surface area contributed by atoms with Crippen molar-refractivity contribution in [3.05, 3.63) is 52.0 Å². The Balaban J connectivity index is 2.38. The number of carbonyl (C=O) groups is 1. The Kier molecular flexibility index (Phi) is 4.86. The molecule has 0 saturated carbocycles. The van der Waals surface area contributed by atoms with Gasteiger partial charge in [-0.3, -0.25) is 9.52 Å². The number of amides is 1. The summed E-state index contributed by atoms with van der Waals surface area (Å²) in [5, 5.41) is 0.283. The second kappa shape index (κ2) is 6.43. The highest BCUT2D eigenvalue weighted by molar-refractivity contribution is 7.97. The molecular weight excluding hydrogens is 322 g/mol. The largest absolute Gasteiger partial charge is 0.296 e. The third-order valence-corrected chi connectivity index (χ3v) is 3.50. The normalized spacial score (nSPS) is 10.4. The number of halogens is 3. The molecule has 20 heavy (non-hydrogen) atoms. The monoisotopic (exact) mass is 330 g/mol. The maximum atomic E-state index is 13.0. The van der Waals surface area contributed by atoms with Crippen molar-refractivity contribution in [1.82, 2.24) is 9.71 Å².